The zero-order chi connectivity index (χ0) is 10.9. The molecule has 0 saturated heterocycles. The Kier molecular flexibility index (Phi) is 3.38. The van der Waals surface area contributed by atoms with E-state index in [-0.39, 0.29) is 24.2 Å². The molecule has 2 heteroatoms. The van der Waals surface area contributed by atoms with Crippen LogP contribution in [0.2, 0.25) is 0 Å². The lowest BCUT2D eigenvalue weighted by Gasteiger charge is -2.38. The van der Waals surface area contributed by atoms with E-state index in [0.717, 1.165) is 12.0 Å². The van der Waals surface area contributed by atoms with Gasteiger partial charge in [0.2, 0.25) is 0 Å². The highest BCUT2D eigenvalue weighted by molar-refractivity contribution is 5.20. The van der Waals surface area contributed by atoms with Crippen LogP contribution in [0.25, 0.3) is 0 Å². The molecule has 0 aliphatic carbocycles. The van der Waals surface area contributed by atoms with Crippen LogP contribution in [-0.4, -0.2) is 23.9 Å². The van der Waals surface area contributed by atoms with Crippen LogP contribution in [0, 0.1) is 5.41 Å². The molecule has 1 heterocycles. The van der Waals surface area contributed by atoms with Gasteiger partial charge in [-0.1, -0.05) is 26.3 Å². The highest BCUT2D eigenvalue weighted by Crippen LogP contribution is 2.34. The minimum Gasteiger partial charge on any atom is -0.392 e. The molecule has 2 unspecified atom stereocenters. The lowest BCUT2D eigenvalue weighted by Crippen LogP contribution is -2.37. The Morgan fingerprint density at radius 1 is 1.43 bits per heavy atom. The summed E-state index contributed by atoms with van der Waals surface area (Å²) in [6.45, 7) is 10.8. The Morgan fingerprint density at radius 3 is 2.36 bits per heavy atom. The normalized spacial score (nSPS) is 29.6. The molecule has 0 aromatic rings. The van der Waals surface area contributed by atoms with E-state index in [0.29, 0.717) is 0 Å². The fourth-order valence-electron chi connectivity index (χ4n) is 1.91. The fraction of sp³-hybridized carbons (Fsp3) is 0.833. The van der Waals surface area contributed by atoms with Gasteiger partial charge in [0, 0.05) is 0 Å². The monoisotopic (exact) mass is 198 g/mol. The molecule has 0 radical (unpaired) electrons. The summed E-state index contributed by atoms with van der Waals surface area (Å²) in [7, 11) is 0. The first-order valence-electron chi connectivity index (χ1n) is 5.31. The number of hydrogen-bond acceptors (Lipinski definition) is 2. The van der Waals surface area contributed by atoms with Crippen molar-refractivity contribution < 1.29 is 9.84 Å². The van der Waals surface area contributed by atoms with Crippen LogP contribution in [0.1, 0.15) is 41.0 Å². The number of ether oxygens (including phenoxy) is 1. The van der Waals surface area contributed by atoms with Gasteiger partial charge in [-0.25, -0.2) is 0 Å². The average Bonchev–Trinajstić information content (AvgIpc) is 2.01. The number of aliphatic hydroxyl groups is 1. The molecule has 0 aromatic heterocycles. The third-order valence-corrected chi connectivity index (χ3v) is 3.04. The van der Waals surface area contributed by atoms with E-state index >= 15 is 0 Å². The summed E-state index contributed by atoms with van der Waals surface area (Å²) in [5.41, 5.74) is 2.54. The van der Waals surface area contributed by atoms with E-state index in [1.54, 1.807) is 0 Å². The van der Waals surface area contributed by atoms with Crippen LogP contribution >= 0.6 is 0 Å². The Balaban J connectivity index is 2.83. The van der Waals surface area contributed by atoms with Gasteiger partial charge in [0.05, 0.1) is 18.8 Å². The highest BCUT2D eigenvalue weighted by Gasteiger charge is 2.32. The van der Waals surface area contributed by atoms with Gasteiger partial charge in [0.1, 0.15) is 0 Å². The van der Waals surface area contributed by atoms with Crippen molar-refractivity contribution in [1.29, 1.82) is 0 Å². The summed E-state index contributed by atoms with van der Waals surface area (Å²) in [5, 5.41) is 9.18. The SMILES string of the molecule is CC1=C(CO)C(C)OC(C(C)(C)C)C1. The molecule has 0 aromatic carbocycles. The second-order valence-corrected chi connectivity index (χ2v) is 5.30. The largest absolute Gasteiger partial charge is 0.392 e. The van der Waals surface area contributed by atoms with Crippen LogP contribution in [0.15, 0.2) is 11.1 Å². The first kappa shape index (κ1) is 11.7. The van der Waals surface area contributed by atoms with Crippen LogP contribution in [0.4, 0.5) is 0 Å². The maximum atomic E-state index is 9.18. The van der Waals surface area contributed by atoms with Crippen molar-refractivity contribution in [3.63, 3.8) is 0 Å². The van der Waals surface area contributed by atoms with Crippen LogP contribution < -0.4 is 0 Å². The Labute approximate surface area is 87.0 Å². The fourth-order valence-corrected chi connectivity index (χ4v) is 1.91. The van der Waals surface area contributed by atoms with Gasteiger partial charge in [0.15, 0.2) is 0 Å². The van der Waals surface area contributed by atoms with E-state index in [9.17, 15) is 5.11 Å². The van der Waals surface area contributed by atoms with Crippen molar-refractivity contribution in [1.82, 2.24) is 0 Å². The third kappa shape index (κ3) is 2.37. The Morgan fingerprint density at radius 2 is 2.00 bits per heavy atom. The molecule has 0 saturated carbocycles. The summed E-state index contributed by atoms with van der Waals surface area (Å²) < 4.78 is 5.91. The van der Waals surface area contributed by atoms with E-state index in [4.69, 9.17) is 4.74 Å². The minimum absolute atomic E-state index is 0.0676. The molecule has 1 rings (SSSR count). The molecular formula is C12H22O2. The van der Waals surface area contributed by atoms with Gasteiger partial charge >= 0.3 is 0 Å². The quantitative estimate of drug-likeness (QED) is 0.656. The summed E-state index contributed by atoms with van der Waals surface area (Å²) in [4.78, 5) is 0. The minimum atomic E-state index is 0.0676. The van der Waals surface area contributed by atoms with Crippen molar-refractivity contribution in [2.24, 2.45) is 5.41 Å². The van der Waals surface area contributed by atoms with Gasteiger partial charge in [-0.15, -0.1) is 0 Å². The summed E-state index contributed by atoms with van der Waals surface area (Å²) in [6.07, 6.45) is 1.29. The summed E-state index contributed by atoms with van der Waals surface area (Å²) >= 11 is 0. The summed E-state index contributed by atoms with van der Waals surface area (Å²) in [6, 6.07) is 0. The van der Waals surface area contributed by atoms with E-state index in [1.807, 2.05) is 6.92 Å². The molecule has 0 amide bonds. The molecule has 14 heavy (non-hydrogen) atoms. The van der Waals surface area contributed by atoms with Crippen molar-refractivity contribution in [3.8, 4) is 0 Å². The maximum Gasteiger partial charge on any atom is 0.0785 e. The predicted octanol–water partition coefficient (Wildman–Crippen LogP) is 2.52. The molecule has 2 atom stereocenters. The second-order valence-electron chi connectivity index (χ2n) is 5.30. The van der Waals surface area contributed by atoms with Crippen LogP contribution in [0.3, 0.4) is 0 Å². The Hall–Kier alpha value is -0.340. The number of rotatable bonds is 1. The highest BCUT2D eigenvalue weighted by atomic mass is 16.5. The molecule has 0 spiro atoms. The molecule has 2 nitrogen and oxygen atoms in total. The molecule has 0 bridgehead atoms. The maximum absolute atomic E-state index is 9.18. The molecule has 1 N–H and O–H groups in total. The van der Waals surface area contributed by atoms with Crippen molar-refractivity contribution in [3.05, 3.63) is 11.1 Å². The van der Waals surface area contributed by atoms with Gasteiger partial charge in [0.25, 0.3) is 0 Å². The van der Waals surface area contributed by atoms with Gasteiger partial charge < -0.3 is 9.84 Å². The second kappa shape index (κ2) is 4.03. The zero-order valence-corrected chi connectivity index (χ0v) is 9.92. The van der Waals surface area contributed by atoms with Crippen LogP contribution in [0.5, 0.6) is 0 Å². The summed E-state index contributed by atoms with van der Waals surface area (Å²) in [5.74, 6) is 0. The molecule has 1 aliphatic heterocycles. The standard InChI is InChI=1S/C12H22O2/c1-8-6-11(12(3,4)5)14-9(2)10(8)7-13/h9,11,13H,6-7H2,1-5H3. The topological polar surface area (TPSA) is 29.5 Å². The van der Waals surface area contributed by atoms with E-state index in [1.165, 1.54) is 5.57 Å². The third-order valence-electron chi connectivity index (χ3n) is 3.04. The van der Waals surface area contributed by atoms with Crippen molar-refractivity contribution >= 4 is 0 Å². The Bertz CT molecular complexity index is 235. The first-order valence-corrected chi connectivity index (χ1v) is 5.31. The molecule has 82 valence electrons. The average molecular weight is 198 g/mol. The zero-order valence-electron chi connectivity index (χ0n) is 9.92. The molecule has 1 aliphatic rings. The predicted molar refractivity (Wildman–Crippen MR) is 58.2 cm³/mol. The van der Waals surface area contributed by atoms with Gasteiger partial charge in [-0.2, -0.15) is 0 Å². The first-order chi connectivity index (χ1) is 6.36. The number of hydrogen-bond donors (Lipinski definition) is 1. The molecule has 0 fully saturated rings. The van der Waals surface area contributed by atoms with Crippen molar-refractivity contribution in [2.45, 2.75) is 53.2 Å². The lowest BCUT2D eigenvalue weighted by molar-refractivity contribution is -0.0575. The van der Waals surface area contributed by atoms with E-state index < -0.39 is 0 Å². The van der Waals surface area contributed by atoms with Gasteiger partial charge in [-0.3, -0.25) is 0 Å². The smallest absolute Gasteiger partial charge is 0.0785 e. The van der Waals surface area contributed by atoms with Crippen molar-refractivity contribution in [2.75, 3.05) is 6.61 Å². The number of aliphatic hydroxyl groups excluding tert-OH is 1. The van der Waals surface area contributed by atoms with Gasteiger partial charge in [-0.05, 0) is 31.3 Å². The van der Waals surface area contributed by atoms with Crippen LogP contribution in [-0.2, 0) is 4.74 Å². The van der Waals surface area contributed by atoms with E-state index in [2.05, 4.69) is 27.7 Å². The molecular weight excluding hydrogens is 176 g/mol. The lowest BCUT2D eigenvalue weighted by atomic mass is 9.82.